The normalized spacial score (nSPS) is 11.2. The summed E-state index contributed by atoms with van der Waals surface area (Å²) in [6.45, 7) is 0.752. The summed E-state index contributed by atoms with van der Waals surface area (Å²) in [4.78, 5) is 22.9. The van der Waals surface area contributed by atoms with Crippen molar-refractivity contribution < 1.29 is 36.4 Å². The van der Waals surface area contributed by atoms with E-state index in [0.29, 0.717) is 25.9 Å². The van der Waals surface area contributed by atoms with Gasteiger partial charge in [-0.05, 0) is 62.1 Å². The quantitative estimate of drug-likeness (QED) is 0.174. The van der Waals surface area contributed by atoms with E-state index in [1.807, 2.05) is 12.1 Å². The Morgan fingerprint density at radius 2 is 1.42 bits per heavy atom. The van der Waals surface area contributed by atoms with Gasteiger partial charge in [0.25, 0.3) is 10.1 Å². The Labute approximate surface area is 198 Å². The highest BCUT2D eigenvalue weighted by Gasteiger charge is 2.12. The van der Waals surface area contributed by atoms with Crippen LogP contribution in [0.5, 0.6) is 5.75 Å². The summed E-state index contributed by atoms with van der Waals surface area (Å²) in [6, 6.07) is 5.94. The Kier molecular flexibility index (Phi) is 14.4. The Hall–Kier alpha value is -2.13. The highest BCUT2D eigenvalue weighted by molar-refractivity contribution is 7.85. The molecular formula is C24H38O8S. The molecule has 0 atom stereocenters. The lowest BCUT2D eigenvalue weighted by atomic mass is 9.97. The number of aryl methyl sites for hydroxylation is 1. The number of hydrogen-bond donors (Lipinski definition) is 0. The summed E-state index contributed by atoms with van der Waals surface area (Å²) in [5, 5.41) is 0. The molecule has 188 valence electrons. The van der Waals surface area contributed by atoms with Crippen LogP contribution in [0.15, 0.2) is 18.2 Å². The molecule has 0 amide bonds. The average molecular weight is 487 g/mol. The highest BCUT2D eigenvalue weighted by atomic mass is 32.2. The van der Waals surface area contributed by atoms with Crippen LogP contribution in [0, 0.1) is 0 Å². The molecule has 0 heterocycles. The summed E-state index contributed by atoms with van der Waals surface area (Å²) in [5.74, 6) is 0.326. The van der Waals surface area contributed by atoms with Crippen molar-refractivity contribution in [3.05, 3.63) is 29.3 Å². The number of methoxy groups -OCH3 is 2. The Morgan fingerprint density at radius 3 is 2.12 bits per heavy atom. The Balaban J connectivity index is 2.57. The number of esters is 2. The van der Waals surface area contributed by atoms with Crippen LogP contribution in [0.4, 0.5) is 0 Å². The van der Waals surface area contributed by atoms with Gasteiger partial charge in [-0.25, -0.2) is 0 Å². The molecule has 0 N–H and O–H groups in total. The first-order valence-electron chi connectivity index (χ1n) is 11.5. The maximum absolute atomic E-state index is 11.7. The van der Waals surface area contributed by atoms with Gasteiger partial charge in [-0.1, -0.05) is 25.0 Å². The lowest BCUT2D eigenvalue weighted by molar-refractivity contribution is -0.141. The lowest BCUT2D eigenvalue weighted by Gasteiger charge is -2.16. The topological polar surface area (TPSA) is 105 Å². The fraction of sp³-hybridized carbons (Fsp3) is 0.667. The summed E-state index contributed by atoms with van der Waals surface area (Å²) in [6.07, 6.45) is 9.08. The summed E-state index contributed by atoms with van der Waals surface area (Å²) in [7, 11) is -0.603. The number of carbonyl (C=O) groups is 2. The van der Waals surface area contributed by atoms with Gasteiger partial charge < -0.3 is 14.2 Å². The van der Waals surface area contributed by atoms with Crippen LogP contribution >= 0.6 is 0 Å². The number of carbonyl (C=O) groups excluding carboxylic acids is 2. The zero-order chi connectivity index (χ0) is 24.5. The number of unbranched alkanes of at least 4 members (excludes halogenated alkanes) is 5. The second kappa shape index (κ2) is 16.5. The number of rotatable bonds is 18. The van der Waals surface area contributed by atoms with Crippen molar-refractivity contribution >= 4 is 22.1 Å². The summed E-state index contributed by atoms with van der Waals surface area (Å²) in [5.41, 5.74) is 2.17. The van der Waals surface area contributed by atoms with E-state index in [2.05, 4.69) is 10.8 Å². The second-order valence-corrected chi connectivity index (χ2v) is 9.54. The molecule has 0 bridgehead atoms. The van der Waals surface area contributed by atoms with Gasteiger partial charge in [-0.2, -0.15) is 8.42 Å². The van der Waals surface area contributed by atoms with E-state index in [1.54, 1.807) is 0 Å². The van der Waals surface area contributed by atoms with E-state index in [9.17, 15) is 18.0 Å². The molecule has 0 aromatic heterocycles. The zero-order valence-corrected chi connectivity index (χ0v) is 20.9. The smallest absolute Gasteiger partial charge is 0.305 e. The fourth-order valence-electron chi connectivity index (χ4n) is 3.41. The first kappa shape index (κ1) is 28.9. The minimum atomic E-state index is -3.38. The molecule has 1 rings (SSSR count). The van der Waals surface area contributed by atoms with Gasteiger partial charge >= 0.3 is 11.9 Å². The maximum atomic E-state index is 11.7. The number of benzene rings is 1. The molecule has 0 saturated heterocycles. The molecule has 33 heavy (non-hydrogen) atoms. The third-order valence-corrected chi connectivity index (χ3v) is 5.78. The molecular weight excluding hydrogens is 448 g/mol. The van der Waals surface area contributed by atoms with Gasteiger partial charge in [-0.15, -0.1) is 0 Å². The SMILES string of the molecule is COC(=O)CCCCCOc1cccc(CCCCCCOS(C)(=O)=O)c1CCC(=O)OC. The van der Waals surface area contributed by atoms with Gasteiger partial charge in [0, 0.05) is 12.8 Å². The predicted molar refractivity (Wildman–Crippen MR) is 126 cm³/mol. The standard InChI is InChI=1S/C24H38O8S/c1-29-23(25)15-8-6-9-18-31-22-14-11-13-20(21(22)16-17-24(26)30-2)12-7-4-5-10-19-32-33(3,27)28/h11,13-14H,4-10,12,15-19H2,1-3H3. The molecule has 0 aliphatic heterocycles. The van der Waals surface area contributed by atoms with E-state index in [0.717, 1.165) is 68.1 Å². The monoisotopic (exact) mass is 486 g/mol. The van der Waals surface area contributed by atoms with Gasteiger partial charge in [0.05, 0.1) is 33.7 Å². The molecule has 0 radical (unpaired) electrons. The van der Waals surface area contributed by atoms with E-state index in [1.165, 1.54) is 14.2 Å². The van der Waals surface area contributed by atoms with Crippen molar-refractivity contribution in [2.45, 2.75) is 70.6 Å². The van der Waals surface area contributed by atoms with Crippen molar-refractivity contribution in [1.82, 2.24) is 0 Å². The Morgan fingerprint density at radius 1 is 0.788 bits per heavy atom. The van der Waals surface area contributed by atoms with Gasteiger partial charge in [0.2, 0.25) is 0 Å². The van der Waals surface area contributed by atoms with Crippen LogP contribution in [-0.4, -0.2) is 54.0 Å². The average Bonchev–Trinajstić information content (AvgIpc) is 2.78. The van der Waals surface area contributed by atoms with Gasteiger partial charge in [0.1, 0.15) is 5.75 Å². The van der Waals surface area contributed by atoms with Gasteiger partial charge in [-0.3, -0.25) is 13.8 Å². The van der Waals surface area contributed by atoms with Crippen LogP contribution < -0.4 is 4.74 Å². The number of hydrogen-bond acceptors (Lipinski definition) is 8. The van der Waals surface area contributed by atoms with E-state index >= 15 is 0 Å². The minimum Gasteiger partial charge on any atom is -0.493 e. The summed E-state index contributed by atoms with van der Waals surface area (Å²) < 4.78 is 42.2. The number of ether oxygens (including phenoxy) is 3. The van der Waals surface area contributed by atoms with Crippen LogP contribution in [0.1, 0.15) is 68.9 Å². The third kappa shape index (κ3) is 13.9. The molecule has 1 aromatic rings. The maximum Gasteiger partial charge on any atom is 0.305 e. The Bertz CT molecular complexity index is 820. The van der Waals surface area contributed by atoms with Crippen molar-refractivity contribution in [1.29, 1.82) is 0 Å². The van der Waals surface area contributed by atoms with Crippen LogP contribution in [0.25, 0.3) is 0 Å². The predicted octanol–water partition coefficient (Wildman–Crippen LogP) is 3.98. The van der Waals surface area contributed by atoms with Crippen molar-refractivity contribution in [3.63, 3.8) is 0 Å². The van der Waals surface area contributed by atoms with Crippen molar-refractivity contribution in [2.24, 2.45) is 0 Å². The summed E-state index contributed by atoms with van der Waals surface area (Å²) >= 11 is 0. The molecule has 8 nitrogen and oxygen atoms in total. The van der Waals surface area contributed by atoms with Crippen molar-refractivity contribution in [3.8, 4) is 5.75 Å². The highest BCUT2D eigenvalue weighted by Crippen LogP contribution is 2.26. The molecule has 9 heteroatoms. The van der Waals surface area contributed by atoms with E-state index in [-0.39, 0.29) is 25.0 Å². The molecule has 0 saturated carbocycles. The minimum absolute atomic E-state index is 0.198. The third-order valence-electron chi connectivity index (χ3n) is 5.19. The molecule has 1 aromatic carbocycles. The molecule has 0 aliphatic carbocycles. The van der Waals surface area contributed by atoms with E-state index < -0.39 is 10.1 Å². The first-order valence-corrected chi connectivity index (χ1v) is 13.3. The molecule has 0 aliphatic rings. The second-order valence-electron chi connectivity index (χ2n) is 7.90. The molecule has 0 spiro atoms. The van der Waals surface area contributed by atoms with Gasteiger partial charge in [0.15, 0.2) is 0 Å². The first-order chi connectivity index (χ1) is 15.8. The molecule has 0 fully saturated rings. The molecule has 0 unspecified atom stereocenters. The van der Waals surface area contributed by atoms with E-state index in [4.69, 9.17) is 13.7 Å². The fourth-order valence-corrected chi connectivity index (χ4v) is 3.83. The zero-order valence-electron chi connectivity index (χ0n) is 20.1. The largest absolute Gasteiger partial charge is 0.493 e. The van der Waals surface area contributed by atoms with Crippen LogP contribution in [0.2, 0.25) is 0 Å². The lowest BCUT2D eigenvalue weighted by Crippen LogP contribution is -2.07. The van der Waals surface area contributed by atoms with Crippen LogP contribution in [0.3, 0.4) is 0 Å². The van der Waals surface area contributed by atoms with Crippen LogP contribution in [-0.2, 0) is 46.2 Å². The van der Waals surface area contributed by atoms with Crippen molar-refractivity contribution in [2.75, 3.05) is 33.7 Å².